The molecule has 0 amide bonds. The van der Waals surface area contributed by atoms with E-state index in [1.54, 1.807) is 18.2 Å². The molecule has 0 aliphatic heterocycles. The molecule has 1 N–H and O–H groups in total. The normalized spacial score (nSPS) is 9.75. The van der Waals surface area contributed by atoms with Gasteiger partial charge in [0.05, 0.1) is 0 Å². The van der Waals surface area contributed by atoms with Gasteiger partial charge in [0.2, 0.25) is 0 Å². The predicted octanol–water partition coefficient (Wildman–Crippen LogP) is 2.01. The summed E-state index contributed by atoms with van der Waals surface area (Å²) in [5.74, 6) is 0. The molecule has 0 spiro atoms. The van der Waals surface area contributed by atoms with E-state index in [2.05, 4.69) is 5.18 Å². The first-order chi connectivity index (χ1) is 5.86. The van der Waals surface area contributed by atoms with E-state index in [4.69, 9.17) is 5.11 Å². The van der Waals surface area contributed by atoms with Crippen LogP contribution in [0.3, 0.4) is 0 Å². The lowest BCUT2D eigenvalue weighted by atomic mass is 10.1. The average Bonchev–Trinajstić information content (AvgIpc) is 2.15. The molecule has 12 heavy (non-hydrogen) atoms. The molecular formula is C9H11NO2. The minimum absolute atomic E-state index is 0.179. The minimum atomic E-state index is 0.179. The average molecular weight is 165 g/mol. The van der Waals surface area contributed by atoms with Crippen LogP contribution in [0.1, 0.15) is 12.0 Å². The van der Waals surface area contributed by atoms with Gasteiger partial charge in [-0.15, -0.1) is 4.91 Å². The van der Waals surface area contributed by atoms with Gasteiger partial charge in [-0.1, -0.05) is 12.1 Å². The maximum atomic E-state index is 10.1. The zero-order chi connectivity index (χ0) is 8.81. The Labute approximate surface area is 71.0 Å². The maximum Gasteiger partial charge on any atom is 0.108 e. The fourth-order valence-corrected chi connectivity index (χ4v) is 1.05. The first kappa shape index (κ1) is 8.87. The van der Waals surface area contributed by atoms with Gasteiger partial charge in [0.25, 0.3) is 0 Å². The van der Waals surface area contributed by atoms with Crippen LogP contribution in [0.25, 0.3) is 0 Å². The van der Waals surface area contributed by atoms with Crippen molar-refractivity contribution in [1.29, 1.82) is 0 Å². The van der Waals surface area contributed by atoms with Gasteiger partial charge in [-0.3, -0.25) is 0 Å². The van der Waals surface area contributed by atoms with Crippen molar-refractivity contribution in [2.75, 3.05) is 6.61 Å². The molecule has 1 aromatic carbocycles. The van der Waals surface area contributed by atoms with Gasteiger partial charge in [-0.2, -0.15) is 0 Å². The number of nitrogens with zero attached hydrogens (tertiary/aromatic N) is 1. The quantitative estimate of drug-likeness (QED) is 0.694. The zero-order valence-corrected chi connectivity index (χ0v) is 6.73. The highest BCUT2D eigenvalue weighted by Gasteiger charge is 1.94. The first-order valence-electron chi connectivity index (χ1n) is 3.90. The molecule has 0 aromatic heterocycles. The van der Waals surface area contributed by atoms with E-state index >= 15 is 0 Å². The van der Waals surface area contributed by atoms with Crippen molar-refractivity contribution < 1.29 is 5.11 Å². The molecule has 3 heteroatoms. The van der Waals surface area contributed by atoms with Crippen molar-refractivity contribution in [3.63, 3.8) is 0 Å². The summed E-state index contributed by atoms with van der Waals surface area (Å²) in [7, 11) is 0. The molecule has 0 atom stereocenters. The van der Waals surface area contributed by atoms with Crippen molar-refractivity contribution in [2.45, 2.75) is 12.8 Å². The SMILES string of the molecule is O=Nc1cccc(CCCO)c1. The Kier molecular flexibility index (Phi) is 3.41. The first-order valence-corrected chi connectivity index (χ1v) is 3.90. The molecule has 0 unspecified atom stereocenters. The number of nitroso groups, excluding NO2 is 1. The van der Waals surface area contributed by atoms with E-state index in [0.29, 0.717) is 5.69 Å². The summed E-state index contributed by atoms with van der Waals surface area (Å²) in [6.07, 6.45) is 1.52. The highest BCUT2D eigenvalue weighted by Crippen LogP contribution is 2.14. The Morgan fingerprint density at radius 3 is 2.92 bits per heavy atom. The van der Waals surface area contributed by atoms with Crippen molar-refractivity contribution in [3.05, 3.63) is 34.7 Å². The molecular weight excluding hydrogens is 154 g/mol. The van der Waals surface area contributed by atoms with Crippen LogP contribution in [0.2, 0.25) is 0 Å². The molecule has 3 nitrogen and oxygen atoms in total. The fourth-order valence-electron chi connectivity index (χ4n) is 1.05. The standard InChI is InChI=1S/C9H11NO2/c11-6-2-4-8-3-1-5-9(7-8)10-12/h1,3,5,7,11H,2,4,6H2. The van der Waals surface area contributed by atoms with E-state index in [9.17, 15) is 4.91 Å². The van der Waals surface area contributed by atoms with Crippen LogP contribution >= 0.6 is 0 Å². The van der Waals surface area contributed by atoms with Crippen molar-refractivity contribution >= 4 is 5.69 Å². The van der Waals surface area contributed by atoms with Crippen LogP contribution in [0.15, 0.2) is 29.4 Å². The topological polar surface area (TPSA) is 49.7 Å². The third-order valence-corrected chi connectivity index (χ3v) is 1.64. The summed E-state index contributed by atoms with van der Waals surface area (Å²) >= 11 is 0. The van der Waals surface area contributed by atoms with Crippen LogP contribution < -0.4 is 0 Å². The molecule has 0 saturated heterocycles. The molecule has 0 aliphatic rings. The second kappa shape index (κ2) is 4.62. The lowest BCUT2D eigenvalue weighted by Gasteiger charge is -1.98. The van der Waals surface area contributed by atoms with Crippen LogP contribution in [0, 0.1) is 4.91 Å². The van der Waals surface area contributed by atoms with E-state index in [1.807, 2.05) is 6.07 Å². The van der Waals surface area contributed by atoms with Crippen LogP contribution in [-0.2, 0) is 6.42 Å². The Morgan fingerprint density at radius 2 is 2.25 bits per heavy atom. The molecule has 1 rings (SSSR count). The maximum absolute atomic E-state index is 10.1. The van der Waals surface area contributed by atoms with E-state index in [1.165, 1.54) is 0 Å². The van der Waals surface area contributed by atoms with Crippen LogP contribution in [0.4, 0.5) is 5.69 Å². The smallest absolute Gasteiger partial charge is 0.108 e. The van der Waals surface area contributed by atoms with Crippen molar-refractivity contribution in [3.8, 4) is 0 Å². The van der Waals surface area contributed by atoms with Gasteiger partial charge >= 0.3 is 0 Å². The molecule has 0 fully saturated rings. The molecule has 0 saturated carbocycles. The van der Waals surface area contributed by atoms with E-state index in [-0.39, 0.29) is 6.61 Å². The Balaban J connectivity index is 2.66. The van der Waals surface area contributed by atoms with Gasteiger partial charge in [-0.05, 0) is 35.7 Å². The minimum Gasteiger partial charge on any atom is -0.396 e. The monoisotopic (exact) mass is 165 g/mol. The second-order valence-electron chi connectivity index (χ2n) is 2.59. The summed E-state index contributed by atoms with van der Waals surface area (Å²) in [4.78, 5) is 10.1. The summed E-state index contributed by atoms with van der Waals surface area (Å²) in [6, 6.07) is 7.12. The Morgan fingerprint density at radius 1 is 1.42 bits per heavy atom. The molecule has 0 bridgehead atoms. The van der Waals surface area contributed by atoms with Gasteiger partial charge in [0.1, 0.15) is 5.69 Å². The summed E-state index contributed by atoms with van der Waals surface area (Å²) in [5, 5.41) is 11.4. The number of rotatable bonds is 4. The van der Waals surface area contributed by atoms with Gasteiger partial charge in [0.15, 0.2) is 0 Å². The van der Waals surface area contributed by atoms with Crippen LogP contribution in [0.5, 0.6) is 0 Å². The van der Waals surface area contributed by atoms with Gasteiger partial charge in [0, 0.05) is 6.61 Å². The zero-order valence-electron chi connectivity index (χ0n) is 6.73. The van der Waals surface area contributed by atoms with Crippen molar-refractivity contribution in [1.82, 2.24) is 0 Å². The third kappa shape index (κ3) is 2.43. The van der Waals surface area contributed by atoms with Crippen molar-refractivity contribution in [2.24, 2.45) is 5.18 Å². The van der Waals surface area contributed by atoms with E-state index in [0.717, 1.165) is 18.4 Å². The number of aliphatic hydroxyl groups excluding tert-OH is 1. The molecule has 0 aliphatic carbocycles. The number of hydrogen-bond donors (Lipinski definition) is 1. The van der Waals surface area contributed by atoms with Gasteiger partial charge < -0.3 is 5.11 Å². The Bertz CT molecular complexity index is 260. The number of hydrogen-bond acceptors (Lipinski definition) is 3. The highest BCUT2D eigenvalue weighted by molar-refractivity contribution is 5.39. The second-order valence-corrected chi connectivity index (χ2v) is 2.59. The van der Waals surface area contributed by atoms with Gasteiger partial charge in [-0.25, -0.2) is 0 Å². The number of aliphatic hydroxyl groups is 1. The Hall–Kier alpha value is -1.22. The largest absolute Gasteiger partial charge is 0.396 e. The molecule has 0 radical (unpaired) electrons. The lowest BCUT2D eigenvalue weighted by Crippen LogP contribution is -1.88. The molecule has 64 valence electrons. The fraction of sp³-hybridized carbons (Fsp3) is 0.333. The predicted molar refractivity (Wildman–Crippen MR) is 47.3 cm³/mol. The summed E-state index contributed by atoms with van der Waals surface area (Å²) in [5.41, 5.74) is 1.49. The van der Waals surface area contributed by atoms with Crippen LogP contribution in [-0.4, -0.2) is 11.7 Å². The number of benzene rings is 1. The van der Waals surface area contributed by atoms with E-state index < -0.39 is 0 Å². The summed E-state index contributed by atoms with van der Waals surface area (Å²) < 4.78 is 0. The summed E-state index contributed by atoms with van der Waals surface area (Å²) in [6.45, 7) is 0.179. The molecule has 1 aromatic rings. The lowest BCUT2D eigenvalue weighted by molar-refractivity contribution is 0.288. The highest BCUT2D eigenvalue weighted by atomic mass is 16.3. The third-order valence-electron chi connectivity index (χ3n) is 1.64. The molecule has 0 heterocycles. The number of aryl methyl sites for hydroxylation is 1.